The Hall–Kier alpha value is -1.89. The van der Waals surface area contributed by atoms with Crippen LogP contribution in [0.25, 0.3) is 0 Å². The number of aliphatic hydroxyl groups excluding tert-OH is 1. The summed E-state index contributed by atoms with van der Waals surface area (Å²) < 4.78 is 12.8. The molecule has 2 aromatic rings. The Bertz CT molecular complexity index is 624. The summed E-state index contributed by atoms with van der Waals surface area (Å²) in [7, 11) is -1.88. The van der Waals surface area contributed by atoms with Crippen LogP contribution in [0.1, 0.15) is 11.7 Å². The zero-order valence-electron chi connectivity index (χ0n) is 11.6. The van der Waals surface area contributed by atoms with E-state index in [0.29, 0.717) is 5.56 Å². The van der Waals surface area contributed by atoms with Crippen LogP contribution in [-0.2, 0) is 0 Å². The number of aliphatic hydroxyl groups is 1. The Balaban J connectivity index is 2.19. The van der Waals surface area contributed by atoms with Gasteiger partial charge >= 0.3 is 0 Å². The number of rotatable bonds is 2. The van der Waals surface area contributed by atoms with E-state index in [2.05, 4.69) is 36.7 Å². The van der Waals surface area contributed by atoms with Gasteiger partial charge in [-0.1, -0.05) is 61.5 Å². The molecule has 0 fully saturated rings. The Morgan fingerprint density at radius 3 is 2.20 bits per heavy atom. The first kappa shape index (κ1) is 14.5. The molecule has 0 radical (unpaired) electrons. The van der Waals surface area contributed by atoms with Gasteiger partial charge < -0.3 is 5.11 Å². The second kappa shape index (κ2) is 6.04. The quantitative estimate of drug-likeness (QED) is 0.664. The summed E-state index contributed by atoms with van der Waals surface area (Å²) in [6.45, 7) is 4.29. The summed E-state index contributed by atoms with van der Waals surface area (Å²) in [5, 5.41) is 11.3. The minimum atomic E-state index is -1.88. The van der Waals surface area contributed by atoms with E-state index in [1.54, 1.807) is 12.1 Å². The second-order valence-electron chi connectivity index (χ2n) is 5.21. The molecule has 0 aromatic heterocycles. The lowest BCUT2D eigenvalue weighted by atomic mass is 10.1. The van der Waals surface area contributed by atoms with E-state index in [0.717, 1.165) is 0 Å². The first-order valence-electron chi connectivity index (χ1n) is 6.51. The molecule has 0 aliphatic heterocycles. The van der Waals surface area contributed by atoms with Gasteiger partial charge in [-0.2, -0.15) is 0 Å². The molecule has 102 valence electrons. The van der Waals surface area contributed by atoms with Crippen molar-refractivity contribution < 1.29 is 9.50 Å². The number of hydrogen-bond acceptors (Lipinski definition) is 1. The highest BCUT2D eigenvalue weighted by Crippen LogP contribution is 2.13. The van der Waals surface area contributed by atoms with Crippen molar-refractivity contribution in [1.82, 2.24) is 0 Å². The summed E-state index contributed by atoms with van der Waals surface area (Å²) in [6.07, 6.45) is -0.869. The molecule has 1 nitrogen and oxygen atoms in total. The molecule has 2 rings (SSSR count). The molecule has 1 unspecified atom stereocenters. The third-order valence-corrected chi connectivity index (χ3v) is 5.75. The van der Waals surface area contributed by atoms with E-state index < -0.39 is 14.2 Å². The lowest BCUT2D eigenvalue weighted by molar-refractivity contribution is 0.238. The molecule has 0 aliphatic rings. The van der Waals surface area contributed by atoms with Crippen molar-refractivity contribution in [2.24, 2.45) is 0 Å². The van der Waals surface area contributed by atoms with Crippen molar-refractivity contribution in [3.8, 4) is 11.5 Å². The van der Waals surface area contributed by atoms with Gasteiger partial charge in [0.15, 0.2) is 8.07 Å². The van der Waals surface area contributed by atoms with Crippen molar-refractivity contribution in [3.63, 3.8) is 0 Å². The fourth-order valence-corrected chi connectivity index (χ4v) is 3.57. The Morgan fingerprint density at radius 1 is 1.00 bits per heavy atom. The fraction of sp³-hybridized carbons (Fsp3) is 0.176. The summed E-state index contributed by atoms with van der Waals surface area (Å²) in [5.74, 6) is 2.59. The van der Waals surface area contributed by atoms with Gasteiger partial charge in [0.2, 0.25) is 0 Å². The van der Waals surface area contributed by atoms with E-state index in [9.17, 15) is 9.50 Å². The van der Waals surface area contributed by atoms with Crippen molar-refractivity contribution in [3.05, 3.63) is 66.0 Å². The van der Waals surface area contributed by atoms with E-state index in [1.807, 2.05) is 18.2 Å². The molecule has 20 heavy (non-hydrogen) atoms. The van der Waals surface area contributed by atoms with Gasteiger partial charge in [0.1, 0.15) is 11.9 Å². The third kappa shape index (κ3) is 3.57. The molecule has 2 aromatic carbocycles. The van der Waals surface area contributed by atoms with Crippen LogP contribution in [-0.4, -0.2) is 13.2 Å². The average molecular weight is 284 g/mol. The largest absolute Gasteiger partial charge is 0.376 e. The van der Waals surface area contributed by atoms with Crippen LogP contribution in [0.15, 0.2) is 54.6 Å². The smallest absolute Gasteiger partial charge is 0.162 e. The molecule has 0 bridgehead atoms. The second-order valence-corrected chi connectivity index (χ2v) is 9.29. The molecule has 1 atom stereocenters. The zero-order valence-corrected chi connectivity index (χ0v) is 12.6. The summed E-state index contributed by atoms with van der Waals surface area (Å²) >= 11 is 0. The predicted octanol–water partition coefficient (Wildman–Crippen LogP) is 3.02. The van der Waals surface area contributed by atoms with E-state index in [-0.39, 0.29) is 5.82 Å². The summed E-state index contributed by atoms with van der Waals surface area (Å²) in [4.78, 5) is 0. The topological polar surface area (TPSA) is 20.2 Å². The van der Waals surface area contributed by atoms with Gasteiger partial charge in [0.05, 0.1) is 0 Å². The van der Waals surface area contributed by atoms with Crippen LogP contribution in [0.4, 0.5) is 4.39 Å². The van der Waals surface area contributed by atoms with Crippen molar-refractivity contribution in [2.75, 3.05) is 0 Å². The molecular weight excluding hydrogens is 267 g/mol. The van der Waals surface area contributed by atoms with Crippen LogP contribution in [0.2, 0.25) is 13.1 Å². The molecule has 0 amide bonds. The standard InChI is InChI=1S/C17H17FOSi/c1-20(2,16-6-4-3-5-7-16)13-12-17(19)14-8-10-15(18)11-9-14/h3-11,17,19H,1-2H3. The van der Waals surface area contributed by atoms with E-state index in [1.165, 1.54) is 17.3 Å². The first-order valence-corrected chi connectivity index (χ1v) is 9.51. The lowest BCUT2D eigenvalue weighted by Gasteiger charge is -2.15. The summed E-state index contributed by atoms with van der Waals surface area (Å²) in [5.41, 5.74) is 3.86. The molecule has 0 saturated carbocycles. The number of benzene rings is 2. The molecule has 0 heterocycles. The van der Waals surface area contributed by atoms with Crippen LogP contribution in [0.3, 0.4) is 0 Å². The van der Waals surface area contributed by atoms with E-state index in [4.69, 9.17) is 0 Å². The highest BCUT2D eigenvalue weighted by Gasteiger charge is 2.20. The van der Waals surface area contributed by atoms with Crippen LogP contribution in [0, 0.1) is 17.3 Å². The third-order valence-electron chi connectivity index (χ3n) is 3.20. The number of halogens is 1. The maximum atomic E-state index is 12.8. The zero-order chi connectivity index (χ0) is 14.6. The van der Waals surface area contributed by atoms with Gasteiger partial charge in [0, 0.05) is 0 Å². The molecule has 1 N–H and O–H groups in total. The number of hydrogen-bond donors (Lipinski definition) is 1. The minimum Gasteiger partial charge on any atom is -0.376 e. The normalized spacial score (nSPS) is 12.4. The van der Waals surface area contributed by atoms with Crippen molar-refractivity contribution in [2.45, 2.75) is 19.2 Å². The maximum Gasteiger partial charge on any atom is 0.162 e. The van der Waals surface area contributed by atoms with Crippen LogP contribution in [0.5, 0.6) is 0 Å². The first-order chi connectivity index (χ1) is 9.49. The highest BCUT2D eigenvalue weighted by atomic mass is 28.3. The monoisotopic (exact) mass is 284 g/mol. The predicted molar refractivity (Wildman–Crippen MR) is 82.7 cm³/mol. The van der Waals surface area contributed by atoms with Gasteiger partial charge in [-0.15, -0.1) is 5.54 Å². The highest BCUT2D eigenvalue weighted by molar-refractivity contribution is 6.96. The maximum absolute atomic E-state index is 12.8. The molecule has 3 heteroatoms. The Labute approximate surface area is 120 Å². The van der Waals surface area contributed by atoms with Crippen LogP contribution < -0.4 is 5.19 Å². The SMILES string of the molecule is C[Si](C)(C#CC(O)c1ccc(F)cc1)c1ccccc1. The molecule has 0 spiro atoms. The van der Waals surface area contributed by atoms with Crippen molar-refractivity contribution in [1.29, 1.82) is 0 Å². The summed E-state index contributed by atoms with van der Waals surface area (Å²) in [6, 6.07) is 15.9. The van der Waals surface area contributed by atoms with Gasteiger partial charge in [0.25, 0.3) is 0 Å². The molecule has 0 aliphatic carbocycles. The average Bonchev–Trinajstić information content (AvgIpc) is 2.46. The van der Waals surface area contributed by atoms with Crippen molar-refractivity contribution >= 4 is 13.3 Å². The molecular formula is C17H17FOSi. The van der Waals surface area contributed by atoms with Gasteiger partial charge in [-0.25, -0.2) is 4.39 Å². The van der Waals surface area contributed by atoms with Gasteiger partial charge in [-0.05, 0) is 22.9 Å². The fourth-order valence-electron chi connectivity index (χ4n) is 1.90. The molecule has 0 saturated heterocycles. The van der Waals surface area contributed by atoms with Crippen LogP contribution >= 0.6 is 0 Å². The Kier molecular flexibility index (Phi) is 4.38. The van der Waals surface area contributed by atoms with Gasteiger partial charge in [-0.3, -0.25) is 0 Å². The minimum absolute atomic E-state index is 0.312. The van der Waals surface area contributed by atoms with E-state index >= 15 is 0 Å². The Morgan fingerprint density at radius 2 is 1.60 bits per heavy atom. The lowest BCUT2D eigenvalue weighted by Crippen LogP contribution is -2.40.